The molecule has 1 spiro atoms. The van der Waals surface area contributed by atoms with Crippen molar-refractivity contribution in [3.63, 3.8) is 0 Å². The van der Waals surface area contributed by atoms with E-state index in [0.717, 1.165) is 6.92 Å². The van der Waals surface area contributed by atoms with Crippen molar-refractivity contribution in [3.8, 4) is 0 Å². The largest absolute Gasteiger partial charge is 0.465 e. The van der Waals surface area contributed by atoms with Crippen LogP contribution in [0.3, 0.4) is 0 Å². The SMILES string of the molecule is CC(=O)OC[C@@]12[C@@H](OC(=O)c3ccccc3)CC[C@](C)(O)[C@]13OC(C)(C)[C@H]([C@H](O)[C@H]2OC(C)=O)[C@H]3OC(C)=O. The third-order valence-electron chi connectivity index (χ3n) is 8.46. The highest BCUT2D eigenvalue weighted by molar-refractivity contribution is 5.89. The molecule has 1 saturated heterocycles. The molecule has 0 radical (unpaired) electrons. The minimum Gasteiger partial charge on any atom is -0.465 e. The lowest BCUT2D eigenvalue weighted by Gasteiger charge is -2.65. The van der Waals surface area contributed by atoms with Gasteiger partial charge in [0.25, 0.3) is 0 Å². The molecule has 1 aliphatic heterocycles. The van der Waals surface area contributed by atoms with Crippen LogP contribution in [0.2, 0.25) is 0 Å². The summed E-state index contributed by atoms with van der Waals surface area (Å²) in [4.78, 5) is 50.4. The molecule has 1 aromatic rings. The Balaban J connectivity index is 2.01. The molecule has 2 aliphatic carbocycles. The van der Waals surface area contributed by atoms with Crippen LogP contribution in [0.25, 0.3) is 0 Å². The van der Waals surface area contributed by atoms with Crippen LogP contribution in [0.1, 0.15) is 64.7 Å². The molecule has 1 heterocycles. The molecule has 2 N–H and O–H groups in total. The van der Waals surface area contributed by atoms with E-state index in [4.69, 9.17) is 23.7 Å². The maximum absolute atomic E-state index is 13.3. The normalized spacial score (nSPS) is 38.2. The van der Waals surface area contributed by atoms with E-state index in [9.17, 15) is 29.4 Å². The quantitative estimate of drug-likeness (QED) is 0.394. The fourth-order valence-corrected chi connectivity index (χ4v) is 7.14. The molecule has 214 valence electrons. The average Bonchev–Trinajstić information content (AvgIpc) is 3.04. The van der Waals surface area contributed by atoms with Gasteiger partial charge in [-0.2, -0.15) is 0 Å². The second kappa shape index (κ2) is 9.87. The zero-order chi connectivity index (χ0) is 29.0. The van der Waals surface area contributed by atoms with Gasteiger partial charge in [-0.25, -0.2) is 4.79 Å². The Hall–Kier alpha value is -3.02. The molecule has 1 aromatic carbocycles. The number of benzene rings is 1. The van der Waals surface area contributed by atoms with E-state index in [2.05, 4.69) is 0 Å². The number of aliphatic hydroxyl groups excluding tert-OH is 1. The second-order valence-corrected chi connectivity index (χ2v) is 11.4. The van der Waals surface area contributed by atoms with Gasteiger partial charge in [0.1, 0.15) is 36.4 Å². The van der Waals surface area contributed by atoms with Gasteiger partial charge in [-0.1, -0.05) is 18.2 Å². The number of carbonyl (C=O) groups excluding carboxylic acids is 4. The third-order valence-corrected chi connectivity index (χ3v) is 8.46. The van der Waals surface area contributed by atoms with Crippen molar-refractivity contribution >= 4 is 23.9 Å². The zero-order valence-electron chi connectivity index (χ0n) is 23.0. The van der Waals surface area contributed by atoms with Crippen LogP contribution in [0.4, 0.5) is 0 Å². The van der Waals surface area contributed by atoms with Crippen molar-refractivity contribution in [1.82, 2.24) is 0 Å². The predicted octanol–water partition coefficient (Wildman–Crippen LogP) is 1.71. The predicted molar refractivity (Wildman–Crippen MR) is 133 cm³/mol. The average molecular weight is 549 g/mol. The number of carbonyl (C=O) groups is 4. The van der Waals surface area contributed by atoms with Gasteiger partial charge in [-0.15, -0.1) is 0 Å². The fourth-order valence-electron chi connectivity index (χ4n) is 7.14. The number of hydrogen-bond acceptors (Lipinski definition) is 11. The Morgan fingerprint density at radius 2 is 1.51 bits per heavy atom. The van der Waals surface area contributed by atoms with E-state index < -0.39 is 83.0 Å². The fraction of sp³-hybridized carbons (Fsp3) is 0.643. The first-order valence-electron chi connectivity index (χ1n) is 12.9. The highest BCUT2D eigenvalue weighted by atomic mass is 16.6. The molecular weight excluding hydrogens is 512 g/mol. The number of ether oxygens (including phenoxy) is 5. The maximum atomic E-state index is 13.3. The molecule has 11 nitrogen and oxygen atoms in total. The summed E-state index contributed by atoms with van der Waals surface area (Å²) in [5, 5.41) is 23.9. The van der Waals surface area contributed by atoms with Crippen molar-refractivity contribution in [1.29, 1.82) is 0 Å². The number of fused-ring (bicyclic) bond motifs is 1. The molecule has 39 heavy (non-hydrogen) atoms. The summed E-state index contributed by atoms with van der Waals surface area (Å²) in [5.41, 5.74) is -6.61. The van der Waals surface area contributed by atoms with E-state index >= 15 is 0 Å². The minimum absolute atomic E-state index is 0.0189. The number of aliphatic hydroxyl groups is 2. The van der Waals surface area contributed by atoms with E-state index in [-0.39, 0.29) is 18.4 Å². The molecule has 0 aromatic heterocycles. The van der Waals surface area contributed by atoms with Gasteiger partial charge in [0.05, 0.1) is 22.7 Å². The van der Waals surface area contributed by atoms with E-state index in [0.29, 0.717) is 0 Å². The molecule has 4 rings (SSSR count). The summed E-state index contributed by atoms with van der Waals surface area (Å²) in [6.45, 7) is 7.73. The van der Waals surface area contributed by atoms with Gasteiger partial charge in [0.15, 0.2) is 5.60 Å². The summed E-state index contributed by atoms with van der Waals surface area (Å²) in [6.07, 6.45) is -5.45. The Bertz CT molecular complexity index is 1150. The van der Waals surface area contributed by atoms with Crippen LogP contribution < -0.4 is 0 Å². The first kappa shape index (κ1) is 29.0. The highest BCUT2D eigenvalue weighted by Gasteiger charge is 2.86. The summed E-state index contributed by atoms with van der Waals surface area (Å²) in [6, 6.07) is 8.17. The van der Waals surface area contributed by atoms with Crippen molar-refractivity contribution in [2.45, 2.75) is 95.6 Å². The number of hydrogen-bond donors (Lipinski definition) is 2. The molecule has 3 fully saturated rings. The van der Waals surface area contributed by atoms with Crippen LogP contribution in [-0.2, 0) is 38.1 Å². The first-order chi connectivity index (χ1) is 18.1. The minimum atomic E-state index is -1.94. The highest BCUT2D eigenvalue weighted by Crippen LogP contribution is 2.68. The molecular formula is C28H36O11. The van der Waals surface area contributed by atoms with Gasteiger partial charge in [0.2, 0.25) is 0 Å². The summed E-state index contributed by atoms with van der Waals surface area (Å²) < 4.78 is 29.8. The first-order valence-corrected chi connectivity index (χ1v) is 12.9. The summed E-state index contributed by atoms with van der Waals surface area (Å²) in [7, 11) is 0. The molecule has 0 amide bonds. The molecule has 3 aliphatic rings. The van der Waals surface area contributed by atoms with E-state index in [1.165, 1.54) is 20.8 Å². The van der Waals surface area contributed by atoms with Gasteiger partial charge in [-0.05, 0) is 45.7 Å². The van der Waals surface area contributed by atoms with Gasteiger partial charge in [0, 0.05) is 20.8 Å². The van der Waals surface area contributed by atoms with Crippen molar-refractivity contribution in [2.24, 2.45) is 11.3 Å². The standard InChI is InChI=1S/C28H36O11/c1-15(29)35-14-27-19(38-24(33)18-10-8-7-9-11-18)12-13-26(6,34)28(27)22(36-16(2)30)20(25(4,5)39-28)21(32)23(27)37-17(3)31/h7-11,19-23,32,34H,12-14H2,1-6H3/t19-,20+,21-,22+,23+,26-,27-,28-/m0/s1. The Kier molecular flexibility index (Phi) is 7.33. The molecule has 0 unspecified atom stereocenters. The van der Waals surface area contributed by atoms with Crippen LogP contribution in [0.15, 0.2) is 30.3 Å². The lowest BCUT2D eigenvalue weighted by atomic mass is 9.46. The summed E-state index contributed by atoms with van der Waals surface area (Å²) >= 11 is 0. The zero-order valence-corrected chi connectivity index (χ0v) is 23.0. The Labute approximate surface area is 226 Å². The van der Waals surface area contributed by atoms with Crippen LogP contribution >= 0.6 is 0 Å². The maximum Gasteiger partial charge on any atom is 0.338 e. The second-order valence-electron chi connectivity index (χ2n) is 11.4. The molecule has 2 saturated carbocycles. The Morgan fingerprint density at radius 1 is 0.923 bits per heavy atom. The van der Waals surface area contributed by atoms with Crippen LogP contribution in [-0.4, -0.2) is 81.9 Å². The van der Waals surface area contributed by atoms with E-state index in [1.807, 2.05) is 0 Å². The molecule has 11 heteroatoms. The van der Waals surface area contributed by atoms with Crippen LogP contribution in [0.5, 0.6) is 0 Å². The van der Waals surface area contributed by atoms with Gasteiger partial charge >= 0.3 is 23.9 Å². The molecule has 2 bridgehead atoms. The lowest BCUT2D eigenvalue weighted by Crippen LogP contribution is -2.83. The van der Waals surface area contributed by atoms with Crippen molar-refractivity contribution in [2.75, 3.05) is 6.61 Å². The Morgan fingerprint density at radius 3 is 2.08 bits per heavy atom. The molecule has 8 atom stereocenters. The van der Waals surface area contributed by atoms with E-state index in [1.54, 1.807) is 44.2 Å². The lowest BCUT2D eigenvalue weighted by molar-refractivity contribution is -0.348. The number of esters is 4. The van der Waals surface area contributed by atoms with Crippen LogP contribution in [0, 0.1) is 11.3 Å². The van der Waals surface area contributed by atoms with Gasteiger partial charge in [-0.3, -0.25) is 14.4 Å². The van der Waals surface area contributed by atoms with Crippen molar-refractivity contribution in [3.05, 3.63) is 35.9 Å². The third kappa shape index (κ3) is 4.40. The topological polar surface area (TPSA) is 155 Å². The summed E-state index contributed by atoms with van der Waals surface area (Å²) in [5.74, 6) is -3.87. The van der Waals surface area contributed by atoms with Gasteiger partial charge < -0.3 is 33.9 Å². The monoisotopic (exact) mass is 548 g/mol. The number of rotatable bonds is 6. The smallest absolute Gasteiger partial charge is 0.338 e. The van der Waals surface area contributed by atoms with Crippen molar-refractivity contribution < 1.29 is 53.1 Å².